The normalized spacial score (nSPS) is 13.2. The number of pyridine rings is 1. The molecule has 2 heterocycles. The van der Waals surface area contributed by atoms with E-state index in [4.69, 9.17) is 9.47 Å². The molecule has 9 nitrogen and oxygen atoms in total. The number of anilines is 1. The van der Waals surface area contributed by atoms with Crippen molar-refractivity contribution < 1.29 is 40.7 Å². The third-order valence-corrected chi connectivity index (χ3v) is 8.56. The lowest BCUT2D eigenvalue weighted by molar-refractivity contribution is -0.153. The van der Waals surface area contributed by atoms with Crippen LogP contribution < -0.4 is 19.1 Å². The van der Waals surface area contributed by atoms with Crippen LogP contribution in [0.1, 0.15) is 45.1 Å². The maximum absolute atomic E-state index is 13.8. The second-order valence-electron chi connectivity index (χ2n) is 10.6. The first-order valence-corrected chi connectivity index (χ1v) is 15.7. The van der Waals surface area contributed by atoms with E-state index in [9.17, 15) is 31.2 Å². The summed E-state index contributed by atoms with van der Waals surface area (Å²) in [6, 6.07) is 14.9. The molecule has 0 saturated heterocycles. The fourth-order valence-electron chi connectivity index (χ4n) is 5.39. The van der Waals surface area contributed by atoms with Crippen LogP contribution >= 0.6 is 0 Å². The van der Waals surface area contributed by atoms with Gasteiger partial charge in [0.15, 0.2) is 12.4 Å². The summed E-state index contributed by atoms with van der Waals surface area (Å²) in [6.07, 6.45) is -3.26. The van der Waals surface area contributed by atoms with Gasteiger partial charge in [-0.25, -0.2) is 8.42 Å². The SMILES string of the molecule is CCOc1c2c(c(OCC(F)(F)F)c3cccnc13)C(=O)N(c1ccc(CS(=O)(=O)NC(=O)Cc3ccccc3C)cc1C)C2. The first kappa shape index (κ1) is 31.8. The number of nitrogens with zero attached hydrogens (tertiary/aromatic N) is 2. The zero-order chi connectivity index (χ0) is 32.5. The highest BCUT2D eigenvalue weighted by Crippen LogP contribution is 2.46. The van der Waals surface area contributed by atoms with Crippen molar-refractivity contribution in [3.8, 4) is 11.5 Å². The number of alkyl halides is 3. The second kappa shape index (κ2) is 12.4. The maximum Gasteiger partial charge on any atom is 0.422 e. The minimum atomic E-state index is -4.64. The summed E-state index contributed by atoms with van der Waals surface area (Å²) in [7, 11) is -4.04. The molecule has 45 heavy (non-hydrogen) atoms. The molecule has 0 atom stereocenters. The number of halogens is 3. The number of aromatic nitrogens is 1. The van der Waals surface area contributed by atoms with Crippen molar-refractivity contribution >= 4 is 38.4 Å². The Morgan fingerprint density at radius 1 is 1.02 bits per heavy atom. The molecule has 1 aromatic heterocycles. The molecule has 1 N–H and O–H groups in total. The zero-order valence-electron chi connectivity index (χ0n) is 24.7. The van der Waals surface area contributed by atoms with E-state index in [1.807, 2.05) is 19.1 Å². The van der Waals surface area contributed by atoms with Gasteiger partial charge in [0, 0.05) is 22.8 Å². The van der Waals surface area contributed by atoms with Crippen LogP contribution in [0.2, 0.25) is 0 Å². The van der Waals surface area contributed by atoms with Crippen LogP contribution in [0.5, 0.6) is 11.5 Å². The Balaban J connectivity index is 1.42. The second-order valence-corrected chi connectivity index (χ2v) is 12.4. The minimum absolute atomic E-state index is 0.0359. The molecule has 1 aliphatic rings. The van der Waals surface area contributed by atoms with Gasteiger partial charge >= 0.3 is 6.18 Å². The summed E-state index contributed by atoms with van der Waals surface area (Å²) >= 11 is 0. The monoisotopic (exact) mass is 641 g/mol. The minimum Gasteiger partial charge on any atom is -0.491 e. The Kier molecular flexibility index (Phi) is 8.74. The Hall–Kier alpha value is -4.65. The van der Waals surface area contributed by atoms with Crippen LogP contribution in [-0.4, -0.2) is 44.6 Å². The molecule has 3 aromatic carbocycles. The Morgan fingerprint density at radius 2 is 1.78 bits per heavy atom. The third-order valence-electron chi connectivity index (χ3n) is 7.30. The molecule has 236 valence electrons. The molecule has 0 radical (unpaired) electrons. The predicted octanol–water partition coefficient (Wildman–Crippen LogP) is 5.54. The van der Waals surface area contributed by atoms with Crippen LogP contribution in [0.4, 0.5) is 18.9 Å². The van der Waals surface area contributed by atoms with E-state index < -0.39 is 40.4 Å². The van der Waals surface area contributed by atoms with Gasteiger partial charge in [-0.1, -0.05) is 36.4 Å². The third kappa shape index (κ3) is 6.88. The van der Waals surface area contributed by atoms with Gasteiger partial charge in [0.1, 0.15) is 11.3 Å². The number of hydrogen-bond acceptors (Lipinski definition) is 7. The van der Waals surface area contributed by atoms with Gasteiger partial charge < -0.3 is 14.4 Å². The summed E-state index contributed by atoms with van der Waals surface area (Å²) in [6.45, 7) is 3.84. The summed E-state index contributed by atoms with van der Waals surface area (Å²) in [5.41, 5.74) is 3.47. The van der Waals surface area contributed by atoms with E-state index in [2.05, 4.69) is 9.71 Å². The van der Waals surface area contributed by atoms with Gasteiger partial charge in [-0.2, -0.15) is 13.2 Å². The number of amides is 2. The number of carbonyl (C=O) groups excluding carboxylic acids is 2. The average Bonchev–Trinajstić information content (AvgIpc) is 3.29. The maximum atomic E-state index is 13.8. The van der Waals surface area contributed by atoms with Crippen LogP contribution in [0, 0.1) is 13.8 Å². The van der Waals surface area contributed by atoms with Gasteiger partial charge in [-0.05, 0) is 61.2 Å². The van der Waals surface area contributed by atoms with E-state index in [1.54, 1.807) is 38.1 Å². The number of fused-ring (bicyclic) bond motifs is 2. The predicted molar refractivity (Wildman–Crippen MR) is 162 cm³/mol. The Morgan fingerprint density at radius 3 is 2.47 bits per heavy atom. The molecular weight excluding hydrogens is 611 g/mol. The number of hydrogen-bond donors (Lipinski definition) is 1. The van der Waals surface area contributed by atoms with Gasteiger partial charge in [0.05, 0.1) is 30.9 Å². The number of nitrogens with one attached hydrogen (secondary N) is 1. The number of carbonyl (C=O) groups is 2. The number of sulfonamides is 1. The molecule has 0 fully saturated rings. The first-order valence-electron chi connectivity index (χ1n) is 14.0. The summed E-state index contributed by atoms with van der Waals surface area (Å²) in [5.74, 6) is -1.69. The lowest BCUT2D eigenvalue weighted by Crippen LogP contribution is -2.33. The van der Waals surface area contributed by atoms with Crippen molar-refractivity contribution in [2.45, 2.75) is 45.7 Å². The van der Waals surface area contributed by atoms with Crippen LogP contribution in [-0.2, 0) is 33.5 Å². The zero-order valence-corrected chi connectivity index (χ0v) is 25.5. The first-order chi connectivity index (χ1) is 21.3. The van der Waals surface area contributed by atoms with Gasteiger partial charge in [0.25, 0.3) is 5.91 Å². The molecule has 0 spiro atoms. The molecule has 0 saturated carbocycles. The van der Waals surface area contributed by atoms with E-state index >= 15 is 0 Å². The topological polar surface area (TPSA) is 115 Å². The summed E-state index contributed by atoms with van der Waals surface area (Å²) in [5, 5.41) is 0.209. The number of ether oxygens (including phenoxy) is 2. The van der Waals surface area contributed by atoms with Crippen LogP contribution in [0.15, 0.2) is 60.8 Å². The fraction of sp³-hybridized carbons (Fsp3) is 0.281. The van der Waals surface area contributed by atoms with Crippen molar-refractivity contribution in [3.05, 3.63) is 94.2 Å². The molecule has 0 unspecified atom stereocenters. The summed E-state index contributed by atoms with van der Waals surface area (Å²) < 4.78 is 78.4. The highest BCUT2D eigenvalue weighted by Gasteiger charge is 2.39. The van der Waals surface area contributed by atoms with Crippen molar-refractivity contribution in [2.24, 2.45) is 0 Å². The molecule has 2 amide bonds. The van der Waals surface area contributed by atoms with Crippen molar-refractivity contribution in [2.75, 3.05) is 18.1 Å². The van der Waals surface area contributed by atoms with E-state index in [-0.39, 0.29) is 47.5 Å². The van der Waals surface area contributed by atoms with Crippen LogP contribution in [0.25, 0.3) is 10.9 Å². The molecule has 4 aromatic rings. The Bertz CT molecular complexity index is 1910. The molecule has 1 aliphatic heterocycles. The molecule has 5 rings (SSSR count). The fourth-order valence-corrected chi connectivity index (χ4v) is 6.50. The smallest absolute Gasteiger partial charge is 0.422 e. The quantitative estimate of drug-likeness (QED) is 0.242. The average molecular weight is 642 g/mol. The highest BCUT2D eigenvalue weighted by atomic mass is 32.2. The molecule has 0 aliphatic carbocycles. The van der Waals surface area contributed by atoms with E-state index in [1.165, 1.54) is 29.3 Å². The lowest BCUT2D eigenvalue weighted by Gasteiger charge is -2.19. The largest absolute Gasteiger partial charge is 0.491 e. The number of aryl methyl sites for hydroxylation is 2. The molecule has 13 heteroatoms. The number of rotatable bonds is 10. The Labute approximate surface area is 258 Å². The highest BCUT2D eigenvalue weighted by molar-refractivity contribution is 7.89. The van der Waals surface area contributed by atoms with E-state index in [0.717, 1.165) is 5.56 Å². The summed E-state index contributed by atoms with van der Waals surface area (Å²) in [4.78, 5) is 32.0. The van der Waals surface area contributed by atoms with Crippen molar-refractivity contribution in [1.29, 1.82) is 0 Å². The van der Waals surface area contributed by atoms with Crippen molar-refractivity contribution in [1.82, 2.24) is 9.71 Å². The molecular formula is C32H30F3N3O6S. The van der Waals surface area contributed by atoms with E-state index in [0.29, 0.717) is 27.9 Å². The van der Waals surface area contributed by atoms with Gasteiger partial charge in [-0.3, -0.25) is 19.3 Å². The van der Waals surface area contributed by atoms with Crippen LogP contribution in [0.3, 0.4) is 0 Å². The lowest BCUT2D eigenvalue weighted by atomic mass is 10.0. The number of benzene rings is 3. The molecule has 0 bridgehead atoms. The van der Waals surface area contributed by atoms with Gasteiger partial charge in [0.2, 0.25) is 15.9 Å². The standard InChI is InChI=1S/C32H30F3N3O6S/c1-4-43-30-24-16-38(31(40)27(24)29(44-18-32(33,34)35)23-10-7-13-36-28(23)30)25-12-11-21(14-20(25)3)17-45(41,42)37-26(39)15-22-9-6-5-8-19(22)2/h5-14H,4,15-18H2,1-3H3,(H,37,39). The van der Waals surface area contributed by atoms with Crippen molar-refractivity contribution in [3.63, 3.8) is 0 Å². The van der Waals surface area contributed by atoms with Gasteiger partial charge in [-0.15, -0.1) is 0 Å².